The molecule has 0 saturated heterocycles. The van der Waals surface area contributed by atoms with Gasteiger partial charge in [0.15, 0.2) is 5.16 Å². The molecule has 0 atom stereocenters. The molecule has 0 bridgehead atoms. The van der Waals surface area contributed by atoms with E-state index >= 15 is 0 Å². The zero-order valence-electron chi connectivity index (χ0n) is 23.4. The smallest absolute Gasteiger partial charge is 0.258 e. The Morgan fingerprint density at radius 1 is 0.976 bits per heavy atom. The Morgan fingerprint density at radius 2 is 1.59 bits per heavy atom. The lowest BCUT2D eigenvalue weighted by Gasteiger charge is -2.36. The van der Waals surface area contributed by atoms with Crippen LogP contribution in [0.3, 0.4) is 0 Å². The third kappa shape index (κ3) is 5.41. The summed E-state index contributed by atoms with van der Waals surface area (Å²) >= 11 is 1.32. The molecular formula is C35H35N3O2S. The number of amides is 1. The molecule has 1 saturated carbocycles. The Balaban J connectivity index is 1.34. The number of rotatable bonds is 8. The maximum Gasteiger partial charge on any atom is 0.258 e. The van der Waals surface area contributed by atoms with Crippen molar-refractivity contribution in [3.63, 3.8) is 0 Å². The molecular weight excluding hydrogens is 526 g/mol. The van der Waals surface area contributed by atoms with E-state index in [9.17, 15) is 9.59 Å². The first-order valence-electron chi connectivity index (χ1n) is 14.4. The molecule has 2 aliphatic carbocycles. The van der Waals surface area contributed by atoms with Crippen LogP contribution in [0.15, 0.2) is 107 Å². The van der Waals surface area contributed by atoms with E-state index in [4.69, 9.17) is 4.98 Å². The molecule has 2 aliphatic rings. The average molecular weight is 562 g/mol. The van der Waals surface area contributed by atoms with Crippen molar-refractivity contribution in [2.75, 3.05) is 5.75 Å². The lowest BCUT2D eigenvalue weighted by molar-refractivity contribution is -0.119. The van der Waals surface area contributed by atoms with E-state index in [1.54, 1.807) is 4.57 Å². The van der Waals surface area contributed by atoms with Crippen molar-refractivity contribution in [2.24, 2.45) is 0 Å². The number of aromatic nitrogens is 2. The number of nitrogens with one attached hydrogen (secondary N) is 1. The zero-order valence-corrected chi connectivity index (χ0v) is 24.3. The monoisotopic (exact) mass is 561 g/mol. The molecule has 1 amide bonds. The standard InChI is InChI=1S/C35H35N3O2S/c1-24(2)22-38-33(40)30-32(28-18-10-9-17-27(28)21-35(30)19-11-12-20-35)37-34(38)41-23-29(39)36-31(25-13-5-3-6-14-25)26-15-7-4-8-16-26/h3-10,13-18,31H,1,11-12,19-23H2,2H3,(H,36,39). The van der Waals surface area contributed by atoms with E-state index in [1.165, 1.54) is 17.3 Å². The molecule has 208 valence electrons. The topological polar surface area (TPSA) is 64.0 Å². The molecule has 6 rings (SSSR count). The average Bonchev–Trinajstić information content (AvgIpc) is 3.45. The Labute approximate surface area is 245 Å². The van der Waals surface area contributed by atoms with E-state index in [2.05, 4.69) is 30.1 Å². The van der Waals surface area contributed by atoms with Gasteiger partial charge in [0, 0.05) is 17.5 Å². The van der Waals surface area contributed by atoms with E-state index in [1.807, 2.05) is 73.7 Å². The highest BCUT2D eigenvalue weighted by Crippen LogP contribution is 2.50. The molecule has 6 heteroatoms. The van der Waals surface area contributed by atoms with Crippen molar-refractivity contribution in [2.45, 2.75) is 62.2 Å². The SMILES string of the molecule is C=C(C)Cn1c(SCC(=O)NC(c2ccccc2)c2ccccc2)nc2c(c1=O)C1(CCCC1)Cc1ccccc1-2. The van der Waals surface area contributed by atoms with Crippen molar-refractivity contribution >= 4 is 17.7 Å². The van der Waals surface area contributed by atoms with Gasteiger partial charge in [0.1, 0.15) is 0 Å². The summed E-state index contributed by atoms with van der Waals surface area (Å²) in [5, 5.41) is 3.78. The number of allylic oxidation sites excluding steroid dienone is 1. The van der Waals surface area contributed by atoms with Gasteiger partial charge in [0.05, 0.1) is 23.1 Å². The third-order valence-corrected chi connectivity index (χ3v) is 9.33. The zero-order chi connectivity index (χ0) is 28.4. The fourth-order valence-electron chi connectivity index (χ4n) is 6.55. The van der Waals surface area contributed by atoms with Crippen LogP contribution in [0.4, 0.5) is 0 Å². The minimum absolute atomic E-state index is 0.0174. The van der Waals surface area contributed by atoms with E-state index < -0.39 is 0 Å². The molecule has 0 radical (unpaired) electrons. The Hall–Kier alpha value is -3.90. The maximum atomic E-state index is 14.3. The largest absolute Gasteiger partial charge is 0.344 e. The van der Waals surface area contributed by atoms with Gasteiger partial charge >= 0.3 is 0 Å². The van der Waals surface area contributed by atoms with Crippen LogP contribution in [-0.4, -0.2) is 21.2 Å². The molecule has 1 fully saturated rings. The van der Waals surface area contributed by atoms with Gasteiger partial charge in [-0.1, -0.05) is 122 Å². The molecule has 5 nitrogen and oxygen atoms in total. The summed E-state index contributed by atoms with van der Waals surface area (Å²) in [5.74, 6) is 0.0268. The van der Waals surface area contributed by atoms with Crippen molar-refractivity contribution < 1.29 is 4.79 Å². The first kappa shape index (κ1) is 27.3. The number of thioether (sulfide) groups is 1. The number of hydrogen-bond donors (Lipinski definition) is 1. The number of nitrogens with zero attached hydrogens (tertiary/aromatic N) is 2. The van der Waals surface area contributed by atoms with Gasteiger partial charge in [-0.2, -0.15) is 0 Å². The van der Waals surface area contributed by atoms with Crippen molar-refractivity contribution in [3.05, 3.63) is 130 Å². The molecule has 0 unspecified atom stereocenters. The van der Waals surface area contributed by atoms with Gasteiger partial charge in [-0.3, -0.25) is 14.2 Å². The van der Waals surface area contributed by atoms with Crippen molar-refractivity contribution in [1.29, 1.82) is 0 Å². The van der Waals surface area contributed by atoms with Crippen LogP contribution in [-0.2, 0) is 23.2 Å². The lowest BCUT2D eigenvalue weighted by Crippen LogP contribution is -2.40. The number of hydrogen-bond acceptors (Lipinski definition) is 4. The maximum absolute atomic E-state index is 14.3. The highest BCUT2D eigenvalue weighted by atomic mass is 32.2. The predicted octanol–water partition coefficient (Wildman–Crippen LogP) is 6.85. The molecule has 41 heavy (non-hydrogen) atoms. The Bertz CT molecular complexity index is 1600. The van der Waals surface area contributed by atoms with E-state index in [-0.39, 0.29) is 28.7 Å². The van der Waals surface area contributed by atoms with Gasteiger partial charge in [0.2, 0.25) is 5.91 Å². The molecule has 3 aromatic carbocycles. The predicted molar refractivity (Wildman–Crippen MR) is 166 cm³/mol. The first-order valence-corrected chi connectivity index (χ1v) is 15.3. The number of benzene rings is 3. The number of carbonyl (C=O) groups excluding carboxylic acids is 1. The summed E-state index contributed by atoms with van der Waals surface area (Å²) in [6.07, 6.45) is 5.15. The van der Waals surface area contributed by atoms with E-state index in [0.29, 0.717) is 11.7 Å². The third-order valence-electron chi connectivity index (χ3n) is 8.36. The van der Waals surface area contributed by atoms with Gasteiger partial charge < -0.3 is 5.32 Å². The highest BCUT2D eigenvalue weighted by molar-refractivity contribution is 7.99. The molecule has 4 aromatic rings. The van der Waals surface area contributed by atoms with Crippen LogP contribution in [0.5, 0.6) is 0 Å². The normalized spacial score (nSPS) is 15.0. The second-order valence-corrected chi connectivity index (χ2v) is 12.3. The van der Waals surface area contributed by atoms with Crippen LogP contribution in [0, 0.1) is 0 Å². The molecule has 1 heterocycles. The van der Waals surface area contributed by atoms with Crippen LogP contribution in [0.2, 0.25) is 0 Å². The highest BCUT2D eigenvalue weighted by Gasteiger charge is 2.44. The van der Waals surface area contributed by atoms with Crippen molar-refractivity contribution in [3.8, 4) is 11.3 Å². The minimum Gasteiger partial charge on any atom is -0.344 e. The van der Waals surface area contributed by atoms with E-state index in [0.717, 1.165) is 65.6 Å². The summed E-state index contributed by atoms with van der Waals surface area (Å²) < 4.78 is 1.75. The summed E-state index contributed by atoms with van der Waals surface area (Å²) in [6, 6.07) is 28.0. The van der Waals surface area contributed by atoms with Crippen molar-refractivity contribution in [1.82, 2.24) is 14.9 Å². The fourth-order valence-corrected chi connectivity index (χ4v) is 7.35. The van der Waals surface area contributed by atoms with Crippen LogP contribution < -0.4 is 10.9 Å². The molecule has 1 aromatic heterocycles. The summed E-state index contributed by atoms with van der Waals surface area (Å²) in [6.45, 7) is 6.41. The Morgan fingerprint density at radius 3 is 2.22 bits per heavy atom. The lowest BCUT2D eigenvalue weighted by atomic mass is 9.68. The fraction of sp³-hybridized carbons (Fsp3) is 0.286. The van der Waals surface area contributed by atoms with Crippen LogP contribution >= 0.6 is 11.8 Å². The Kier molecular flexibility index (Phi) is 7.67. The summed E-state index contributed by atoms with van der Waals surface area (Å²) in [7, 11) is 0. The second kappa shape index (κ2) is 11.5. The first-order chi connectivity index (χ1) is 19.9. The van der Waals surface area contributed by atoms with Crippen LogP contribution in [0.1, 0.15) is 60.9 Å². The van der Waals surface area contributed by atoms with Gasteiger partial charge in [-0.05, 0) is 42.9 Å². The summed E-state index contributed by atoms with van der Waals surface area (Å²) in [5.41, 5.74) is 6.72. The molecule has 0 aliphatic heterocycles. The minimum atomic E-state index is -0.270. The second-order valence-electron chi connectivity index (χ2n) is 11.4. The number of fused-ring (bicyclic) bond motifs is 4. The van der Waals surface area contributed by atoms with Gasteiger partial charge in [0.25, 0.3) is 5.56 Å². The summed E-state index contributed by atoms with van der Waals surface area (Å²) in [4.78, 5) is 32.9. The van der Waals surface area contributed by atoms with Gasteiger partial charge in [-0.25, -0.2) is 4.98 Å². The number of carbonyl (C=O) groups is 1. The molecule has 1 N–H and O–H groups in total. The molecule has 1 spiro atoms. The van der Waals surface area contributed by atoms with Crippen LogP contribution in [0.25, 0.3) is 11.3 Å². The van der Waals surface area contributed by atoms with Gasteiger partial charge in [-0.15, -0.1) is 0 Å². The quantitative estimate of drug-likeness (QED) is 0.145.